The molecule has 15 heavy (non-hydrogen) atoms. The predicted molar refractivity (Wildman–Crippen MR) is 54.3 cm³/mol. The van der Waals surface area contributed by atoms with E-state index in [1.54, 1.807) is 18.3 Å². The van der Waals surface area contributed by atoms with Gasteiger partial charge in [-0.2, -0.15) is 5.10 Å². The number of nitrogen functional groups attached to an aromatic ring is 1. The average molecular weight is 203 g/mol. The van der Waals surface area contributed by atoms with Crippen LogP contribution in [-0.2, 0) is 0 Å². The molecule has 0 atom stereocenters. The Kier molecular flexibility index (Phi) is 2.09. The molecule has 0 saturated heterocycles. The molecule has 0 aliphatic rings. The van der Waals surface area contributed by atoms with Crippen molar-refractivity contribution in [3.63, 3.8) is 0 Å². The van der Waals surface area contributed by atoms with Gasteiger partial charge in [0.1, 0.15) is 0 Å². The van der Waals surface area contributed by atoms with Crippen molar-refractivity contribution in [3.8, 4) is 5.82 Å². The highest BCUT2D eigenvalue weighted by atomic mass is 16.1. The molecule has 0 aromatic carbocycles. The highest BCUT2D eigenvalue weighted by molar-refractivity contribution is 5.92. The van der Waals surface area contributed by atoms with Crippen molar-refractivity contribution < 1.29 is 4.79 Å². The molecular weight excluding hydrogens is 194 g/mol. The summed E-state index contributed by atoms with van der Waals surface area (Å²) in [6, 6.07) is 3.23. The standard InChI is InChI=1S/C9H9N5O/c10-7-4-13-14(5-7)8-2-1-6(3-12-8)9(11)15/h1-5H,10H2,(H2,11,15). The van der Waals surface area contributed by atoms with Gasteiger partial charge in [-0.3, -0.25) is 4.79 Å². The van der Waals surface area contributed by atoms with Gasteiger partial charge in [0.25, 0.3) is 0 Å². The minimum Gasteiger partial charge on any atom is -0.396 e. The fourth-order valence-electron chi connectivity index (χ4n) is 1.13. The topological polar surface area (TPSA) is 99.8 Å². The first-order valence-electron chi connectivity index (χ1n) is 4.23. The zero-order valence-electron chi connectivity index (χ0n) is 7.79. The molecule has 76 valence electrons. The number of rotatable bonds is 2. The smallest absolute Gasteiger partial charge is 0.250 e. The van der Waals surface area contributed by atoms with Gasteiger partial charge < -0.3 is 11.5 Å². The largest absolute Gasteiger partial charge is 0.396 e. The number of nitrogens with zero attached hydrogens (tertiary/aromatic N) is 3. The molecular formula is C9H9N5O. The Labute approximate surface area is 85.5 Å². The van der Waals surface area contributed by atoms with E-state index in [-0.39, 0.29) is 0 Å². The van der Waals surface area contributed by atoms with Crippen LogP contribution >= 0.6 is 0 Å². The van der Waals surface area contributed by atoms with E-state index in [0.717, 1.165) is 0 Å². The maximum absolute atomic E-state index is 10.8. The Hall–Kier alpha value is -2.37. The number of hydrogen-bond donors (Lipinski definition) is 2. The van der Waals surface area contributed by atoms with Crippen molar-refractivity contribution >= 4 is 11.6 Å². The van der Waals surface area contributed by atoms with E-state index in [4.69, 9.17) is 11.5 Å². The molecule has 6 nitrogen and oxygen atoms in total. The van der Waals surface area contributed by atoms with Crippen LogP contribution in [0.15, 0.2) is 30.7 Å². The zero-order valence-corrected chi connectivity index (χ0v) is 7.79. The lowest BCUT2D eigenvalue weighted by atomic mass is 10.3. The van der Waals surface area contributed by atoms with E-state index in [0.29, 0.717) is 17.1 Å². The van der Waals surface area contributed by atoms with Crippen molar-refractivity contribution in [2.45, 2.75) is 0 Å². The molecule has 2 heterocycles. The number of aromatic nitrogens is 3. The summed E-state index contributed by atoms with van der Waals surface area (Å²) >= 11 is 0. The summed E-state index contributed by atoms with van der Waals surface area (Å²) in [5, 5.41) is 3.97. The Morgan fingerprint density at radius 1 is 1.33 bits per heavy atom. The van der Waals surface area contributed by atoms with Crippen molar-refractivity contribution in [3.05, 3.63) is 36.3 Å². The summed E-state index contributed by atoms with van der Waals surface area (Å²) in [5.41, 5.74) is 11.5. The van der Waals surface area contributed by atoms with Gasteiger partial charge in [0.2, 0.25) is 5.91 Å². The van der Waals surface area contributed by atoms with Gasteiger partial charge in [0.05, 0.1) is 23.6 Å². The molecule has 0 aliphatic heterocycles. The van der Waals surface area contributed by atoms with Gasteiger partial charge >= 0.3 is 0 Å². The molecule has 2 rings (SSSR count). The highest BCUT2D eigenvalue weighted by Gasteiger charge is 2.03. The van der Waals surface area contributed by atoms with Crippen LogP contribution in [0.2, 0.25) is 0 Å². The third kappa shape index (κ3) is 1.78. The number of carbonyl (C=O) groups is 1. The van der Waals surface area contributed by atoms with Gasteiger partial charge in [0.15, 0.2) is 5.82 Å². The fraction of sp³-hybridized carbons (Fsp3) is 0. The molecule has 6 heteroatoms. The van der Waals surface area contributed by atoms with Gasteiger partial charge in [-0.05, 0) is 12.1 Å². The van der Waals surface area contributed by atoms with Gasteiger partial charge in [0, 0.05) is 6.20 Å². The zero-order chi connectivity index (χ0) is 10.8. The van der Waals surface area contributed by atoms with E-state index in [9.17, 15) is 4.79 Å². The Morgan fingerprint density at radius 3 is 2.60 bits per heavy atom. The Morgan fingerprint density at radius 2 is 2.13 bits per heavy atom. The van der Waals surface area contributed by atoms with Crippen LogP contribution in [0, 0.1) is 0 Å². The second kappa shape index (κ2) is 3.41. The van der Waals surface area contributed by atoms with Crippen LogP contribution in [0.25, 0.3) is 5.82 Å². The number of amides is 1. The minimum atomic E-state index is -0.506. The molecule has 0 fully saturated rings. The van der Waals surface area contributed by atoms with Crippen molar-refractivity contribution in [1.82, 2.24) is 14.8 Å². The van der Waals surface area contributed by atoms with E-state index < -0.39 is 5.91 Å². The van der Waals surface area contributed by atoms with E-state index >= 15 is 0 Å². The molecule has 2 aromatic rings. The normalized spacial score (nSPS) is 10.1. The van der Waals surface area contributed by atoms with Gasteiger partial charge in [-0.25, -0.2) is 9.67 Å². The van der Waals surface area contributed by atoms with Crippen molar-refractivity contribution in [1.29, 1.82) is 0 Å². The second-order valence-corrected chi connectivity index (χ2v) is 2.99. The summed E-state index contributed by atoms with van der Waals surface area (Å²) in [6.45, 7) is 0. The van der Waals surface area contributed by atoms with Crippen LogP contribution in [-0.4, -0.2) is 20.7 Å². The molecule has 0 saturated carbocycles. The lowest BCUT2D eigenvalue weighted by Gasteiger charge is -2.00. The summed E-state index contributed by atoms with van der Waals surface area (Å²) in [4.78, 5) is 14.8. The number of anilines is 1. The Bertz CT molecular complexity index is 487. The predicted octanol–water partition coefficient (Wildman–Crippen LogP) is -0.0516. The lowest BCUT2D eigenvalue weighted by Crippen LogP contribution is -2.11. The monoisotopic (exact) mass is 203 g/mol. The van der Waals surface area contributed by atoms with Crippen LogP contribution < -0.4 is 11.5 Å². The van der Waals surface area contributed by atoms with E-state index in [1.165, 1.54) is 17.1 Å². The molecule has 1 amide bonds. The molecule has 0 aliphatic carbocycles. The van der Waals surface area contributed by atoms with Crippen LogP contribution in [0.1, 0.15) is 10.4 Å². The quantitative estimate of drug-likeness (QED) is 0.714. The molecule has 4 N–H and O–H groups in total. The number of primary amides is 1. The summed E-state index contributed by atoms with van der Waals surface area (Å²) in [6.07, 6.45) is 4.55. The summed E-state index contributed by atoms with van der Waals surface area (Å²) < 4.78 is 1.51. The molecule has 0 spiro atoms. The SMILES string of the molecule is NC(=O)c1ccc(-n2cc(N)cn2)nc1. The number of nitrogens with two attached hydrogens (primary N) is 2. The number of hydrogen-bond acceptors (Lipinski definition) is 4. The first kappa shape index (κ1) is 9.20. The van der Waals surface area contributed by atoms with Crippen molar-refractivity contribution in [2.75, 3.05) is 5.73 Å². The molecule has 0 bridgehead atoms. The average Bonchev–Trinajstić information content (AvgIpc) is 2.65. The summed E-state index contributed by atoms with van der Waals surface area (Å²) in [7, 11) is 0. The molecule has 0 radical (unpaired) electrons. The Balaban J connectivity index is 2.35. The first-order chi connectivity index (χ1) is 7.16. The van der Waals surface area contributed by atoms with Gasteiger partial charge in [-0.15, -0.1) is 0 Å². The maximum Gasteiger partial charge on any atom is 0.250 e. The minimum absolute atomic E-state index is 0.360. The summed E-state index contributed by atoms with van der Waals surface area (Å²) in [5.74, 6) is 0.0747. The lowest BCUT2D eigenvalue weighted by molar-refractivity contribution is 0.1000. The van der Waals surface area contributed by atoms with Crippen LogP contribution in [0.4, 0.5) is 5.69 Å². The van der Waals surface area contributed by atoms with Crippen LogP contribution in [0.3, 0.4) is 0 Å². The van der Waals surface area contributed by atoms with Crippen molar-refractivity contribution in [2.24, 2.45) is 5.73 Å². The molecule has 0 unspecified atom stereocenters. The number of carbonyl (C=O) groups excluding carboxylic acids is 1. The second-order valence-electron chi connectivity index (χ2n) is 2.99. The third-order valence-corrected chi connectivity index (χ3v) is 1.87. The van der Waals surface area contributed by atoms with E-state index in [2.05, 4.69) is 10.1 Å². The van der Waals surface area contributed by atoms with E-state index in [1.807, 2.05) is 0 Å². The maximum atomic E-state index is 10.8. The van der Waals surface area contributed by atoms with Crippen LogP contribution in [0.5, 0.6) is 0 Å². The highest BCUT2D eigenvalue weighted by Crippen LogP contribution is 2.07. The fourth-order valence-corrected chi connectivity index (χ4v) is 1.13. The third-order valence-electron chi connectivity index (χ3n) is 1.87. The van der Waals surface area contributed by atoms with Gasteiger partial charge in [-0.1, -0.05) is 0 Å². The first-order valence-corrected chi connectivity index (χ1v) is 4.23. The molecule has 2 aromatic heterocycles. The number of pyridine rings is 1.